The summed E-state index contributed by atoms with van der Waals surface area (Å²) in [6.07, 6.45) is 1.34. The molecule has 1 aromatic heterocycles. The van der Waals surface area contributed by atoms with Gasteiger partial charge in [0.1, 0.15) is 0 Å². The Morgan fingerprint density at radius 1 is 1.39 bits per heavy atom. The molecule has 5 heteroatoms. The van der Waals surface area contributed by atoms with E-state index < -0.39 is 0 Å². The van der Waals surface area contributed by atoms with Crippen LogP contribution in [0.15, 0.2) is 4.52 Å². The molecule has 0 aromatic carbocycles. The zero-order valence-corrected chi connectivity index (χ0v) is 11.9. The molecule has 18 heavy (non-hydrogen) atoms. The molecule has 0 spiro atoms. The first kappa shape index (κ1) is 13.3. The fourth-order valence-electron chi connectivity index (χ4n) is 2.17. The van der Waals surface area contributed by atoms with E-state index in [1.807, 2.05) is 0 Å². The standard InChI is InChI=1S/C13H23N3O2/c1-9-6-7-16(8-10(9)17-5)12-14-11(18-15-12)13(2,3)4/h9-10H,6-8H2,1-5H3. The first-order valence-electron chi connectivity index (χ1n) is 6.53. The molecule has 2 unspecified atom stereocenters. The maximum atomic E-state index is 5.50. The lowest BCUT2D eigenvalue weighted by molar-refractivity contribution is 0.0493. The summed E-state index contributed by atoms with van der Waals surface area (Å²) in [5, 5.41) is 4.08. The Labute approximate surface area is 108 Å². The molecule has 1 aliphatic heterocycles. The molecular weight excluding hydrogens is 230 g/mol. The van der Waals surface area contributed by atoms with Crippen LogP contribution in [0.2, 0.25) is 0 Å². The summed E-state index contributed by atoms with van der Waals surface area (Å²) in [5.74, 6) is 1.96. The number of hydrogen-bond acceptors (Lipinski definition) is 5. The molecule has 1 aliphatic rings. The van der Waals surface area contributed by atoms with E-state index >= 15 is 0 Å². The lowest BCUT2D eigenvalue weighted by atomic mass is 9.96. The quantitative estimate of drug-likeness (QED) is 0.809. The van der Waals surface area contributed by atoms with Gasteiger partial charge in [0, 0.05) is 25.6 Å². The van der Waals surface area contributed by atoms with E-state index in [2.05, 4.69) is 42.7 Å². The third-order valence-electron chi connectivity index (χ3n) is 3.53. The maximum absolute atomic E-state index is 5.50. The molecule has 0 bridgehead atoms. The summed E-state index contributed by atoms with van der Waals surface area (Å²) in [7, 11) is 1.77. The van der Waals surface area contributed by atoms with Crippen molar-refractivity contribution in [2.24, 2.45) is 5.92 Å². The highest BCUT2D eigenvalue weighted by Crippen LogP contribution is 2.26. The highest BCUT2D eigenvalue weighted by atomic mass is 16.5. The van der Waals surface area contributed by atoms with Crippen LogP contribution >= 0.6 is 0 Å². The van der Waals surface area contributed by atoms with Crippen LogP contribution in [0.4, 0.5) is 5.95 Å². The molecule has 0 N–H and O–H groups in total. The number of piperidine rings is 1. The topological polar surface area (TPSA) is 51.4 Å². The van der Waals surface area contributed by atoms with Crippen molar-refractivity contribution in [3.05, 3.63) is 5.89 Å². The van der Waals surface area contributed by atoms with Gasteiger partial charge in [-0.25, -0.2) is 0 Å². The Morgan fingerprint density at radius 2 is 2.11 bits per heavy atom. The highest BCUT2D eigenvalue weighted by molar-refractivity contribution is 5.30. The Kier molecular flexibility index (Phi) is 3.61. The van der Waals surface area contributed by atoms with Gasteiger partial charge in [-0.15, -0.1) is 0 Å². The molecule has 2 rings (SSSR count). The van der Waals surface area contributed by atoms with Gasteiger partial charge in [0.15, 0.2) is 0 Å². The smallest absolute Gasteiger partial charge is 0.266 e. The van der Waals surface area contributed by atoms with Gasteiger partial charge in [-0.2, -0.15) is 4.98 Å². The number of rotatable bonds is 2. The molecule has 2 heterocycles. The van der Waals surface area contributed by atoms with Gasteiger partial charge in [-0.05, 0) is 17.5 Å². The lowest BCUT2D eigenvalue weighted by Crippen LogP contribution is -2.44. The van der Waals surface area contributed by atoms with Crippen LogP contribution < -0.4 is 4.90 Å². The SMILES string of the molecule is COC1CN(c2noc(C(C)(C)C)n2)CCC1C. The van der Waals surface area contributed by atoms with Gasteiger partial charge in [0.2, 0.25) is 5.89 Å². The van der Waals surface area contributed by atoms with Crippen LogP contribution in [0.1, 0.15) is 40.0 Å². The van der Waals surface area contributed by atoms with Crippen molar-refractivity contribution < 1.29 is 9.26 Å². The minimum absolute atomic E-state index is 0.102. The first-order chi connectivity index (χ1) is 8.41. The van der Waals surface area contributed by atoms with Crippen molar-refractivity contribution in [1.29, 1.82) is 0 Å². The Hall–Kier alpha value is -1.10. The summed E-state index contributed by atoms with van der Waals surface area (Å²) in [4.78, 5) is 6.64. The lowest BCUT2D eigenvalue weighted by Gasteiger charge is -2.35. The van der Waals surface area contributed by atoms with Crippen molar-refractivity contribution in [2.45, 2.75) is 45.6 Å². The van der Waals surface area contributed by atoms with Crippen molar-refractivity contribution >= 4 is 5.95 Å². The molecule has 102 valence electrons. The molecule has 0 saturated carbocycles. The van der Waals surface area contributed by atoms with Gasteiger partial charge >= 0.3 is 0 Å². The largest absolute Gasteiger partial charge is 0.379 e. The van der Waals surface area contributed by atoms with E-state index in [1.165, 1.54) is 0 Å². The van der Waals surface area contributed by atoms with Crippen molar-refractivity contribution in [3.8, 4) is 0 Å². The summed E-state index contributed by atoms with van der Waals surface area (Å²) < 4.78 is 10.8. The maximum Gasteiger partial charge on any atom is 0.266 e. The minimum atomic E-state index is -0.102. The van der Waals surface area contributed by atoms with Gasteiger partial charge in [-0.3, -0.25) is 0 Å². The van der Waals surface area contributed by atoms with Gasteiger partial charge < -0.3 is 14.2 Å². The van der Waals surface area contributed by atoms with Crippen molar-refractivity contribution in [3.63, 3.8) is 0 Å². The Balaban J connectivity index is 2.10. The van der Waals surface area contributed by atoms with Gasteiger partial charge in [0.05, 0.1) is 6.10 Å². The first-order valence-corrected chi connectivity index (χ1v) is 6.53. The normalized spacial score (nSPS) is 25.5. The molecule has 1 aromatic rings. The second-order valence-corrected chi connectivity index (χ2v) is 6.14. The van der Waals surface area contributed by atoms with Crippen LogP contribution in [0, 0.1) is 5.92 Å². The monoisotopic (exact) mass is 253 g/mol. The molecule has 5 nitrogen and oxygen atoms in total. The van der Waals surface area contributed by atoms with Crippen molar-refractivity contribution in [2.75, 3.05) is 25.1 Å². The Morgan fingerprint density at radius 3 is 2.67 bits per heavy atom. The zero-order chi connectivity index (χ0) is 13.3. The number of aromatic nitrogens is 2. The molecule has 0 amide bonds. The third kappa shape index (κ3) is 2.66. The van der Waals surface area contributed by atoms with Crippen molar-refractivity contribution in [1.82, 2.24) is 10.1 Å². The van der Waals surface area contributed by atoms with E-state index in [9.17, 15) is 0 Å². The van der Waals surface area contributed by atoms with Gasteiger partial charge in [-0.1, -0.05) is 27.7 Å². The van der Waals surface area contributed by atoms with Crippen LogP contribution in [0.25, 0.3) is 0 Å². The number of anilines is 1. The van der Waals surface area contributed by atoms with Crippen LogP contribution in [0.3, 0.4) is 0 Å². The van der Waals surface area contributed by atoms with Crippen LogP contribution in [0.5, 0.6) is 0 Å². The fraction of sp³-hybridized carbons (Fsp3) is 0.846. The predicted octanol–water partition coefficient (Wildman–Crippen LogP) is 2.23. The fourth-order valence-corrected chi connectivity index (χ4v) is 2.17. The Bertz CT molecular complexity index is 397. The van der Waals surface area contributed by atoms with Crippen LogP contribution in [-0.4, -0.2) is 36.4 Å². The summed E-state index contributed by atoms with van der Waals surface area (Å²) in [5.41, 5.74) is -0.102. The summed E-state index contributed by atoms with van der Waals surface area (Å²) in [6.45, 7) is 10.2. The molecule has 2 atom stereocenters. The number of ether oxygens (including phenoxy) is 1. The molecule has 1 saturated heterocycles. The number of hydrogen-bond donors (Lipinski definition) is 0. The summed E-state index contributed by atoms with van der Waals surface area (Å²) in [6, 6.07) is 0. The third-order valence-corrected chi connectivity index (χ3v) is 3.53. The van der Waals surface area contributed by atoms with E-state index in [-0.39, 0.29) is 11.5 Å². The minimum Gasteiger partial charge on any atom is -0.379 e. The molecule has 0 aliphatic carbocycles. The van der Waals surface area contributed by atoms with Crippen LogP contribution in [-0.2, 0) is 10.2 Å². The molecular formula is C13H23N3O2. The average Bonchev–Trinajstić information content (AvgIpc) is 2.78. The van der Waals surface area contributed by atoms with E-state index in [0.29, 0.717) is 17.8 Å². The zero-order valence-electron chi connectivity index (χ0n) is 11.9. The highest BCUT2D eigenvalue weighted by Gasteiger charge is 2.30. The number of nitrogens with zero attached hydrogens (tertiary/aromatic N) is 3. The van der Waals surface area contributed by atoms with Gasteiger partial charge in [0.25, 0.3) is 5.95 Å². The second kappa shape index (κ2) is 4.88. The van der Waals surface area contributed by atoms with E-state index in [4.69, 9.17) is 9.26 Å². The molecule has 0 radical (unpaired) electrons. The van der Waals surface area contributed by atoms with E-state index in [0.717, 1.165) is 19.5 Å². The average molecular weight is 253 g/mol. The summed E-state index contributed by atoms with van der Waals surface area (Å²) >= 11 is 0. The molecule has 1 fully saturated rings. The predicted molar refractivity (Wildman–Crippen MR) is 69.8 cm³/mol. The number of methoxy groups -OCH3 is 1. The second-order valence-electron chi connectivity index (χ2n) is 6.14. The van der Waals surface area contributed by atoms with E-state index in [1.54, 1.807) is 7.11 Å².